The molecule has 0 spiro atoms. The van der Waals surface area contributed by atoms with Crippen molar-refractivity contribution in [2.45, 2.75) is 19.3 Å². The fraction of sp³-hybridized carbons (Fsp3) is 0.188. The van der Waals surface area contributed by atoms with Crippen LogP contribution in [0.4, 0.5) is 5.69 Å². The molecule has 0 aliphatic carbocycles. The summed E-state index contributed by atoms with van der Waals surface area (Å²) in [7, 11) is 0. The van der Waals surface area contributed by atoms with E-state index in [-0.39, 0.29) is 5.92 Å². The number of aromatic nitrogens is 1. The first-order valence-corrected chi connectivity index (χ1v) is 7.38. The lowest BCUT2D eigenvalue weighted by Crippen LogP contribution is -1.99. The van der Waals surface area contributed by atoms with E-state index in [1.807, 2.05) is 24.3 Å². The minimum Gasteiger partial charge on any atom is -0.439 e. The number of oxazole rings is 1. The largest absolute Gasteiger partial charge is 0.439 e. The van der Waals surface area contributed by atoms with Crippen molar-refractivity contribution in [2.24, 2.45) is 0 Å². The van der Waals surface area contributed by atoms with E-state index in [4.69, 9.17) is 33.4 Å². The molecule has 2 aromatic carbocycles. The Morgan fingerprint density at radius 3 is 2.62 bits per heavy atom. The topological polar surface area (TPSA) is 52.0 Å². The predicted octanol–water partition coefficient (Wildman–Crippen LogP) is 5.06. The molecule has 0 bridgehead atoms. The van der Waals surface area contributed by atoms with Crippen molar-refractivity contribution < 1.29 is 4.42 Å². The predicted molar refractivity (Wildman–Crippen MR) is 87.0 cm³/mol. The highest BCUT2D eigenvalue weighted by atomic mass is 35.5. The molecule has 0 aliphatic rings. The summed E-state index contributed by atoms with van der Waals surface area (Å²) in [4.78, 5) is 4.46. The fourth-order valence-corrected chi connectivity index (χ4v) is 2.82. The van der Waals surface area contributed by atoms with Crippen LogP contribution in [0.15, 0.2) is 40.8 Å². The first-order chi connectivity index (χ1) is 10.0. The Morgan fingerprint density at radius 1 is 1.19 bits per heavy atom. The zero-order valence-electron chi connectivity index (χ0n) is 11.4. The van der Waals surface area contributed by atoms with Crippen LogP contribution in [0.1, 0.15) is 24.3 Å². The summed E-state index contributed by atoms with van der Waals surface area (Å²) in [5.41, 5.74) is 8.92. The number of hydrogen-bond donors (Lipinski definition) is 1. The molecule has 1 heterocycles. The van der Waals surface area contributed by atoms with Gasteiger partial charge in [-0.3, -0.25) is 0 Å². The van der Waals surface area contributed by atoms with Crippen molar-refractivity contribution >= 4 is 40.0 Å². The van der Waals surface area contributed by atoms with Crippen LogP contribution < -0.4 is 5.73 Å². The summed E-state index contributed by atoms with van der Waals surface area (Å²) in [5.74, 6) is 0.923. The molecular weight excluding hydrogens is 307 g/mol. The molecule has 1 atom stereocenters. The average molecular weight is 321 g/mol. The van der Waals surface area contributed by atoms with Crippen molar-refractivity contribution in [3.63, 3.8) is 0 Å². The molecule has 0 fully saturated rings. The molecule has 0 amide bonds. The third kappa shape index (κ3) is 2.99. The van der Waals surface area contributed by atoms with Crippen LogP contribution in [0.3, 0.4) is 0 Å². The van der Waals surface area contributed by atoms with Gasteiger partial charge in [0.15, 0.2) is 11.5 Å². The highest BCUT2D eigenvalue weighted by molar-refractivity contribution is 6.37. The number of nitrogen functional groups attached to an aromatic ring is 1. The summed E-state index contributed by atoms with van der Waals surface area (Å²) >= 11 is 12.1. The van der Waals surface area contributed by atoms with Gasteiger partial charge >= 0.3 is 0 Å². The number of hydrogen-bond acceptors (Lipinski definition) is 3. The fourth-order valence-electron chi connectivity index (χ4n) is 2.30. The van der Waals surface area contributed by atoms with E-state index >= 15 is 0 Å². The number of halogens is 2. The monoisotopic (exact) mass is 320 g/mol. The number of rotatable bonds is 3. The van der Waals surface area contributed by atoms with E-state index in [2.05, 4.69) is 11.9 Å². The highest BCUT2D eigenvalue weighted by Gasteiger charge is 2.14. The molecule has 1 aromatic heterocycles. The maximum atomic E-state index is 6.11. The molecule has 0 saturated heterocycles. The highest BCUT2D eigenvalue weighted by Crippen LogP contribution is 2.30. The van der Waals surface area contributed by atoms with Crippen LogP contribution in [0.25, 0.3) is 11.1 Å². The molecule has 2 N–H and O–H groups in total. The van der Waals surface area contributed by atoms with Gasteiger partial charge in [-0.1, -0.05) is 42.3 Å². The smallest absolute Gasteiger partial charge is 0.196 e. The molecular formula is C16H14Cl2N2O. The molecule has 0 saturated carbocycles. The number of fused-ring (bicyclic) bond motifs is 1. The zero-order chi connectivity index (χ0) is 15.0. The molecule has 3 nitrogen and oxygen atoms in total. The van der Waals surface area contributed by atoms with E-state index < -0.39 is 0 Å². The minimum absolute atomic E-state index is 0.271. The molecule has 3 aromatic rings. The van der Waals surface area contributed by atoms with E-state index in [1.165, 1.54) is 5.56 Å². The Hall–Kier alpha value is -1.71. The second kappa shape index (κ2) is 5.58. The molecule has 5 heteroatoms. The van der Waals surface area contributed by atoms with Crippen LogP contribution in [-0.2, 0) is 6.42 Å². The van der Waals surface area contributed by atoms with Crippen molar-refractivity contribution in [3.05, 3.63) is 57.9 Å². The number of anilines is 1. The van der Waals surface area contributed by atoms with Crippen LogP contribution in [0, 0.1) is 0 Å². The minimum atomic E-state index is 0.271. The van der Waals surface area contributed by atoms with E-state index in [0.29, 0.717) is 33.5 Å². The van der Waals surface area contributed by atoms with E-state index in [9.17, 15) is 0 Å². The molecule has 3 rings (SSSR count). The van der Waals surface area contributed by atoms with Crippen molar-refractivity contribution in [1.82, 2.24) is 4.98 Å². The third-order valence-corrected chi connectivity index (χ3v) is 3.94. The first kappa shape index (κ1) is 14.2. The van der Waals surface area contributed by atoms with E-state index in [1.54, 1.807) is 12.1 Å². The Morgan fingerprint density at radius 2 is 1.90 bits per heavy atom. The van der Waals surface area contributed by atoms with Gasteiger partial charge in [0.25, 0.3) is 0 Å². The lowest BCUT2D eigenvalue weighted by atomic mass is 9.98. The second-order valence-electron chi connectivity index (χ2n) is 5.12. The molecule has 108 valence electrons. The van der Waals surface area contributed by atoms with Gasteiger partial charge in [0, 0.05) is 17.1 Å². The average Bonchev–Trinajstić information content (AvgIpc) is 2.82. The summed E-state index contributed by atoms with van der Waals surface area (Å²) in [6.45, 7) is 2.12. The van der Waals surface area contributed by atoms with Gasteiger partial charge < -0.3 is 10.2 Å². The Bertz CT molecular complexity index is 781. The molecule has 1 unspecified atom stereocenters. The zero-order valence-corrected chi connectivity index (χ0v) is 12.9. The summed E-state index contributed by atoms with van der Waals surface area (Å²) in [6, 6.07) is 11.2. The van der Waals surface area contributed by atoms with Gasteiger partial charge in [0.2, 0.25) is 0 Å². The Labute approximate surface area is 132 Å². The molecule has 0 radical (unpaired) electrons. The van der Waals surface area contributed by atoms with Gasteiger partial charge in [-0.2, -0.15) is 0 Å². The van der Waals surface area contributed by atoms with Crippen LogP contribution in [0.5, 0.6) is 0 Å². The Balaban J connectivity index is 1.87. The van der Waals surface area contributed by atoms with Crippen molar-refractivity contribution in [2.75, 3.05) is 5.73 Å². The third-order valence-electron chi connectivity index (χ3n) is 3.44. The number of nitrogens with two attached hydrogens (primary N) is 1. The van der Waals surface area contributed by atoms with Gasteiger partial charge in [-0.15, -0.1) is 0 Å². The molecule has 21 heavy (non-hydrogen) atoms. The van der Waals surface area contributed by atoms with Crippen molar-refractivity contribution in [1.29, 1.82) is 0 Å². The van der Waals surface area contributed by atoms with Gasteiger partial charge in [0.05, 0.1) is 5.02 Å². The normalized spacial score (nSPS) is 12.7. The summed E-state index contributed by atoms with van der Waals surface area (Å²) in [5, 5.41) is 1.04. The van der Waals surface area contributed by atoms with Crippen LogP contribution in [0.2, 0.25) is 10.0 Å². The first-order valence-electron chi connectivity index (χ1n) is 6.63. The van der Waals surface area contributed by atoms with Gasteiger partial charge in [0.1, 0.15) is 5.52 Å². The quantitative estimate of drug-likeness (QED) is 0.686. The van der Waals surface area contributed by atoms with Crippen LogP contribution in [-0.4, -0.2) is 4.98 Å². The van der Waals surface area contributed by atoms with Gasteiger partial charge in [-0.05, 0) is 35.7 Å². The van der Waals surface area contributed by atoms with E-state index in [0.717, 1.165) is 5.69 Å². The van der Waals surface area contributed by atoms with Gasteiger partial charge in [-0.25, -0.2) is 4.98 Å². The SMILES string of the molecule is CC(Cc1nc2cc(Cl)cc(Cl)c2o1)c1ccc(N)cc1. The standard InChI is InChI=1S/C16H14Cl2N2O/c1-9(10-2-4-12(19)5-3-10)6-15-20-14-8-11(17)7-13(18)16(14)21-15/h2-5,7-9H,6,19H2,1H3. The second-order valence-corrected chi connectivity index (χ2v) is 5.96. The number of benzene rings is 2. The maximum Gasteiger partial charge on any atom is 0.196 e. The lowest BCUT2D eigenvalue weighted by molar-refractivity contribution is 0.508. The maximum absolute atomic E-state index is 6.11. The van der Waals surface area contributed by atoms with Crippen LogP contribution >= 0.6 is 23.2 Å². The Kier molecular flexibility index (Phi) is 3.79. The lowest BCUT2D eigenvalue weighted by Gasteiger charge is -2.09. The summed E-state index contributed by atoms with van der Waals surface area (Å²) in [6.07, 6.45) is 0.687. The summed E-state index contributed by atoms with van der Waals surface area (Å²) < 4.78 is 5.74. The van der Waals surface area contributed by atoms with Crippen molar-refractivity contribution in [3.8, 4) is 0 Å². The number of nitrogens with zero attached hydrogens (tertiary/aromatic N) is 1. The molecule has 0 aliphatic heterocycles.